The molecular weight excluding hydrogens is 575 g/mol. The van der Waals surface area contributed by atoms with Crippen LogP contribution in [0.4, 0.5) is 0 Å². The molecule has 0 atom stereocenters. The molecule has 0 spiro atoms. The third-order valence-corrected chi connectivity index (χ3v) is 4.57. The number of rotatable bonds is 4. The molecule has 0 radical (unpaired) electrons. The van der Waals surface area contributed by atoms with Crippen LogP contribution in [0, 0.1) is 0 Å². The van der Waals surface area contributed by atoms with Gasteiger partial charge >= 0.3 is 0 Å². The predicted molar refractivity (Wildman–Crippen MR) is 126 cm³/mol. The van der Waals surface area contributed by atoms with Crippen molar-refractivity contribution < 1.29 is 9.90 Å². The van der Waals surface area contributed by atoms with E-state index in [0.717, 1.165) is 20.3 Å². The predicted octanol–water partition coefficient (Wildman–Crippen LogP) is 4.79. The highest BCUT2D eigenvalue weighted by molar-refractivity contribution is 9.10. The second-order valence-corrected chi connectivity index (χ2v) is 8.21. The number of hydrogen-bond donors (Lipinski definition) is 1. The van der Waals surface area contributed by atoms with E-state index < -0.39 is 0 Å². The van der Waals surface area contributed by atoms with Gasteiger partial charge in [-0.3, -0.25) is 4.79 Å². The summed E-state index contributed by atoms with van der Waals surface area (Å²) in [5.74, 6) is 0. The lowest BCUT2D eigenvalue weighted by Gasteiger charge is -1.98. The van der Waals surface area contributed by atoms with E-state index in [4.69, 9.17) is 28.3 Å². The van der Waals surface area contributed by atoms with Gasteiger partial charge in [0.1, 0.15) is 11.4 Å². The molecular formula is C19H16Br2Cl2N6O2. The van der Waals surface area contributed by atoms with E-state index in [9.17, 15) is 4.79 Å². The van der Waals surface area contributed by atoms with E-state index in [0.29, 0.717) is 17.7 Å². The Balaban J connectivity index is 0.000000196. The van der Waals surface area contributed by atoms with Crippen LogP contribution >= 0.6 is 55.1 Å². The fourth-order valence-electron chi connectivity index (χ4n) is 2.14. The molecule has 2 aromatic heterocycles. The van der Waals surface area contributed by atoms with E-state index in [-0.39, 0.29) is 11.9 Å². The van der Waals surface area contributed by atoms with Crippen molar-refractivity contribution in [2.75, 3.05) is 5.34 Å². The average molecular weight is 591 g/mol. The van der Waals surface area contributed by atoms with Gasteiger partial charge in [0.25, 0.3) is 0 Å². The summed E-state index contributed by atoms with van der Waals surface area (Å²) in [4.78, 5) is 10.4. The van der Waals surface area contributed by atoms with Crippen molar-refractivity contribution in [3.8, 4) is 11.4 Å². The van der Waals surface area contributed by atoms with Gasteiger partial charge in [-0.2, -0.15) is 0 Å². The number of carbonyl (C=O) groups excluding carboxylic acids is 1. The highest BCUT2D eigenvalue weighted by atomic mass is 79.9. The van der Waals surface area contributed by atoms with Gasteiger partial charge in [0.15, 0.2) is 6.29 Å². The molecule has 0 saturated carbocycles. The van der Waals surface area contributed by atoms with Crippen LogP contribution in [-0.4, -0.2) is 46.7 Å². The van der Waals surface area contributed by atoms with E-state index in [2.05, 4.69) is 52.5 Å². The molecule has 0 fully saturated rings. The van der Waals surface area contributed by atoms with E-state index in [1.54, 1.807) is 21.8 Å². The summed E-state index contributed by atoms with van der Waals surface area (Å²) in [5, 5.41) is 24.1. The zero-order valence-electron chi connectivity index (χ0n) is 15.8. The maximum Gasteiger partial charge on any atom is 0.171 e. The van der Waals surface area contributed by atoms with Gasteiger partial charge in [-0.15, -0.1) is 33.4 Å². The number of aliphatic hydroxyl groups excluding tert-OH is 1. The lowest BCUT2D eigenvalue weighted by atomic mass is 10.3. The minimum atomic E-state index is -0.0868. The highest BCUT2D eigenvalue weighted by Gasteiger charge is 2.01. The summed E-state index contributed by atoms with van der Waals surface area (Å²) >= 11 is 16.2. The van der Waals surface area contributed by atoms with Crippen molar-refractivity contribution in [2.24, 2.45) is 0 Å². The molecule has 2 heterocycles. The Hall–Kier alpha value is -2.11. The molecule has 0 unspecified atom stereocenters. The van der Waals surface area contributed by atoms with E-state index in [1.165, 1.54) is 0 Å². The second kappa shape index (κ2) is 13.3. The number of halogens is 4. The number of benzene rings is 2. The third-order valence-electron chi connectivity index (χ3n) is 3.52. The molecule has 12 heteroatoms. The first kappa shape index (κ1) is 25.2. The standard InChI is InChI=1S/C9H8BrN3O.C9H6BrN3O.CH2Cl2/c2*10-7-1-3-9(4-2-7)13-5-8(6-14)11-12-13;2-1-3/h1-5,14H,6H2;1-6H;1H2. The molecule has 2 aromatic carbocycles. The highest BCUT2D eigenvalue weighted by Crippen LogP contribution is 2.14. The Kier molecular flexibility index (Phi) is 10.8. The molecule has 162 valence electrons. The second-order valence-electron chi connectivity index (χ2n) is 5.57. The molecule has 31 heavy (non-hydrogen) atoms. The Morgan fingerprint density at radius 2 is 1.29 bits per heavy atom. The maximum atomic E-state index is 10.4. The smallest absolute Gasteiger partial charge is 0.171 e. The van der Waals surface area contributed by atoms with Gasteiger partial charge in [-0.05, 0) is 48.5 Å². The van der Waals surface area contributed by atoms with E-state index >= 15 is 0 Å². The van der Waals surface area contributed by atoms with Crippen LogP contribution in [0.5, 0.6) is 0 Å². The summed E-state index contributed by atoms with van der Waals surface area (Å²) in [5.41, 5.74) is 2.68. The molecule has 0 aliphatic carbocycles. The zero-order chi connectivity index (χ0) is 22.6. The Bertz CT molecular complexity index is 1070. The zero-order valence-corrected chi connectivity index (χ0v) is 20.5. The van der Waals surface area contributed by atoms with Crippen molar-refractivity contribution >= 4 is 61.3 Å². The van der Waals surface area contributed by atoms with Crippen LogP contribution in [0.1, 0.15) is 16.2 Å². The third kappa shape index (κ3) is 8.15. The molecule has 0 aliphatic heterocycles. The number of carbonyl (C=O) groups is 1. The quantitative estimate of drug-likeness (QED) is 0.271. The maximum absolute atomic E-state index is 10.4. The van der Waals surface area contributed by atoms with E-state index in [1.807, 2.05) is 48.5 Å². The fourth-order valence-corrected chi connectivity index (χ4v) is 2.67. The number of hydrogen-bond acceptors (Lipinski definition) is 6. The van der Waals surface area contributed by atoms with Gasteiger partial charge in [0, 0.05) is 8.95 Å². The van der Waals surface area contributed by atoms with Crippen molar-refractivity contribution in [3.05, 3.63) is 81.3 Å². The van der Waals surface area contributed by atoms with Crippen LogP contribution in [0.15, 0.2) is 69.9 Å². The van der Waals surface area contributed by atoms with Crippen LogP contribution in [0.2, 0.25) is 0 Å². The normalized spacial score (nSPS) is 9.84. The number of aldehydes is 1. The first-order valence-electron chi connectivity index (χ1n) is 8.54. The van der Waals surface area contributed by atoms with Crippen molar-refractivity contribution in [2.45, 2.75) is 6.61 Å². The molecule has 4 aromatic rings. The van der Waals surface area contributed by atoms with Gasteiger partial charge in [-0.25, -0.2) is 9.36 Å². The molecule has 0 saturated heterocycles. The molecule has 0 amide bonds. The van der Waals surface area contributed by atoms with Crippen LogP contribution < -0.4 is 0 Å². The Morgan fingerprint density at radius 3 is 1.68 bits per heavy atom. The van der Waals surface area contributed by atoms with Gasteiger partial charge in [0.05, 0.1) is 35.7 Å². The number of nitrogens with zero attached hydrogens (tertiary/aromatic N) is 6. The van der Waals surface area contributed by atoms with Crippen molar-refractivity contribution in [1.82, 2.24) is 30.0 Å². The van der Waals surface area contributed by atoms with Crippen molar-refractivity contribution in [3.63, 3.8) is 0 Å². The lowest BCUT2D eigenvalue weighted by molar-refractivity contribution is 0.111. The summed E-state index contributed by atoms with van der Waals surface area (Å²) in [6.07, 6.45) is 3.95. The molecule has 8 nitrogen and oxygen atoms in total. The Labute approximate surface area is 205 Å². The number of alkyl halides is 2. The molecule has 1 N–H and O–H groups in total. The van der Waals surface area contributed by atoms with Gasteiger partial charge in [0.2, 0.25) is 0 Å². The first-order valence-corrected chi connectivity index (χ1v) is 11.2. The monoisotopic (exact) mass is 588 g/mol. The lowest BCUT2D eigenvalue weighted by Crippen LogP contribution is -1.93. The Morgan fingerprint density at radius 1 is 0.839 bits per heavy atom. The number of aliphatic hydroxyl groups is 1. The van der Waals surface area contributed by atoms with Crippen molar-refractivity contribution in [1.29, 1.82) is 0 Å². The van der Waals surface area contributed by atoms with Gasteiger partial charge in [-0.1, -0.05) is 42.3 Å². The van der Waals surface area contributed by atoms with Crippen LogP contribution in [0.3, 0.4) is 0 Å². The fraction of sp³-hybridized carbons (Fsp3) is 0.105. The summed E-state index contributed by atoms with van der Waals surface area (Å²) in [6, 6.07) is 15.3. The van der Waals surface area contributed by atoms with Crippen LogP contribution in [-0.2, 0) is 6.61 Å². The summed E-state index contributed by atoms with van der Waals surface area (Å²) in [7, 11) is 0. The molecule has 4 rings (SSSR count). The number of aromatic nitrogens is 6. The summed E-state index contributed by atoms with van der Waals surface area (Å²) < 4.78 is 5.19. The van der Waals surface area contributed by atoms with Gasteiger partial charge < -0.3 is 5.11 Å². The molecule has 0 aliphatic rings. The minimum Gasteiger partial charge on any atom is -0.390 e. The first-order chi connectivity index (χ1) is 15.0. The largest absolute Gasteiger partial charge is 0.390 e. The summed E-state index contributed by atoms with van der Waals surface area (Å²) in [6.45, 7) is -0.0868. The SMILES string of the molecule is ClCCl.O=Cc1cn(-c2ccc(Br)cc2)nn1.OCc1cn(-c2ccc(Br)cc2)nn1. The molecule has 0 bridgehead atoms. The average Bonchev–Trinajstić information content (AvgIpc) is 3.46. The topological polar surface area (TPSA) is 98.7 Å². The van der Waals surface area contributed by atoms with Crippen LogP contribution in [0.25, 0.3) is 11.4 Å². The minimum absolute atomic E-state index is 0.0868.